The van der Waals surface area contributed by atoms with Gasteiger partial charge in [-0.3, -0.25) is 9.80 Å². The fourth-order valence-corrected chi connectivity index (χ4v) is 4.55. The molecule has 1 aromatic carbocycles. The highest BCUT2D eigenvalue weighted by molar-refractivity contribution is 5.95. The standard InChI is InChI=1S/C26H39N5O4/c1-6-31-21(17-29-13-8-14-30(16-15-29)25(33)27-18(3)4)22(24(32)35-7-2)23(28-26(31)34)20-11-9-19(5)10-12-20/h9-12,18,23H,6-8,13-17H2,1-5H3,(H,27,33)(H,28,34)/t23-/m1/s1. The van der Waals surface area contributed by atoms with Crippen LogP contribution in [0.3, 0.4) is 0 Å². The van der Waals surface area contributed by atoms with Crippen molar-refractivity contribution < 1.29 is 19.1 Å². The summed E-state index contributed by atoms with van der Waals surface area (Å²) in [5, 5.41) is 5.97. The lowest BCUT2D eigenvalue weighted by Gasteiger charge is -2.38. The Labute approximate surface area is 208 Å². The van der Waals surface area contributed by atoms with Crippen LogP contribution < -0.4 is 10.6 Å². The number of nitrogens with zero attached hydrogens (tertiary/aromatic N) is 3. The van der Waals surface area contributed by atoms with E-state index in [2.05, 4.69) is 15.5 Å². The molecular formula is C26H39N5O4. The van der Waals surface area contributed by atoms with Crippen LogP contribution in [0.4, 0.5) is 9.59 Å². The zero-order valence-corrected chi connectivity index (χ0v) is 21.6. The van der Waals surface area contributed by atoms with Crippen molar-refractivity contribution in [1.29, 1.82) is 0 Å². The summed E-state index contributed by atoms with van der Waals surface area (Å²) in [6.07, 6.45) is 0.813. The zero-order valence-electron chi connectivity index (χ0n) is 21.6. The Balaban J connectivity index is 1.92. The molecule has 0 unspecified atom stereocenters. The number of esters is 1. The van der Waals surface area contributed by atoms with Gasteiger partial charge in [0.15, 0.2) is 0 Å². The third-order valence-electron chi connectivity index (χ3n) is 6.32. The Kier molecular flexibility index (Phi) is 9.14. The first-order valence-electron chi connectivity index (χ1n) is 12.6. The summed E-state index contributed by atoms with van der Waals surface area (Å²) in [4.78, 5) is 44.5. The van der Waals surface area contributed by atoms with E-state index in [1.165, 1.54) is 0 Å². The van der Waals surface area contributed by atoms with E-state index in [1.54, 1.807) is 11.8 Å². The minimum Gasteiger partial charge on any atom is -0.463 e. The van der Waals surface area contributed by atoms with Crippen LogP contribution >= 0.6 is 0 Å². The van der Waals surface area contributed by atoms with Crippen LogP contribution in [0, 0.1) is 6.92 Å². The van der Waals surface area contributed by atoms with E-state index < -0.39 is 12.0 Å². The Hall–Kier alpha value is -3.07. The Morgan fingerprint density at radius 2 is 1.83 bits per heavy atom. The number of aryl methyl sites for hydroxylation is 1. The molecule has 0 saturated carbocycles. The maximum absolute atomic E-state index is 13.2. The van der Waals surface area contributed by atoms with Crippen LogP contribution in [0.1, 0.15) is 51.3 Å². The lowest BCUT2D eigenvalue weighted by atomic mass is 9.93. The van der Waals surface area contributed by atoms with E-state index in [0.29, 0.717) is 44.0 Å². The molecule has 0 aromatic heterocycles. The van der Waals surface area contributed by atoms with Crippen molar-refractivity contribution in [2.24, 2.45) is 0 Å². The van der Waals surface area contributed by atoms with Crippen molar-refractivity contribution in [3.63, 3.8) is 0 Å². The molecule has 0 aliphatic carbocycles. The fourth-order valence-electron chi connectivity index (χ4n) is 4.55. The van der Waals surface area contributed by atoms with E-state index in [-0.39, 0.29) is 24.7 Å². The van der Waals surface area contributed by atoms with Gasteiger partial charge in [0.2, 0.25) is 0 Å². The quantitative estimate of drug-likeness (QED) is 0.579. The fraction of sp³-hybridized carbons (Fsp3) is 0.577. The van der Waals surface area contributed by atoms with Crippen molar-refractivity contribution in [1.82, 2.24) is 25.3 Å². The normalized spacial score (nSPS) is 19.5. The van der Waals surface area contributed by atoms with Gasteiger partial charge in [0, 0.05) is 51.0 Å². The first-order valence-corrected chi connectivity index (χ1v) is 12.6. The molecule has 0 bridgehead atoms. The molecule has 4 amide bonds. The number of nitrogens with one attached hydrogen (secondary N) is 2. The minimum absolute atomic E-state index is 0.0556. The molecule has 0 spiro atoms. The molecule has 0 radical (unpaired) electrons. The Morgan fingerprint density at radius 3 is 2.46 bits per heavy atom. The molecule has 1 atom stereocenters. The van der Waals surface area contributed by atoms with Gasteiger partial charge in [-0.15, -0.1) is 0 Å². The van der Waals surface area contributed by atoms with Crippen molar-refractivity contribution in [2.75, 3.05) is 45.9 Å². The molecule has 9 nitrogen and oxygen atoms in total. The van der Waals surface area contributed by atoms with Crippen LogP contribution in [0.25, 0.3) is 0 Å². The largest absolute Gasteiger partial charge is 0.463 e. The van der Waals surface area contributed by atoms with Crippen molar-refractivity contribution in [3.8, 4) is 0 Å². The first-order chi connectivity index (χ1) is 16.7. The van der Waals surface area contributed by atoms with Crippen molar-refractivity contribution >= 4 is 18.0 Å². The smallest absolute Gasteiger partial charge is 0.338 e. The van der Waals surface area contributed by atoms with E-state index in [9.17, 15) is 14.4 Å². The summed E-state index contributed by atoms with van der Waals surface area (Å²) in [6, 6.07) is 7.04. The average Bonchev–Trinajstić information content (AvgIpc) is 3.05. The SMILES string of the molecule is CCOC(=O)C1=C(CN2CCCN(C(=O)NC(C)C)CC2)N(CC)C(=O)N[C@@H]1c1ccc(C)cc1. The minimum atomic E-state index is -0.583. The second-order valence-corrected chi connectivity index (χ2v) is 9.34. The maximum atomic E-state index is 13.2. The summed E-state index contributed by atoms with van der Waals surface area (Å²) in [6.45, 7) is 13.4. The molecule has 2 N–H and O–H groups in total. The number of carbonyl (C=O) groups is 3. The van der Waals surface area contributed by atoms with Gasteiger partial charge in [0.25, 0.3) is 0 Å². The van der Waals surface area contributed by atoms with Crippen molar-refractivity contribution in [2.45, 2.75) is 53.1 Å². The molecule has 1 aromatic rings. The highest BCUT2D eigenvalue weighted by Gasteiger charge is 2.38. The predicted octanol–water partition coefficient (Wildman–Crippen LogP) is 3.02. The van der Waals surface area contributed by atoms with Gasteiger partial charge < -0.3 is 20.3 Å². The lowest BCUT2D eigenvalue weighted by Crippen LogP contribution is -2.51. The Morgan fingerprint density at radius 1 is 1.11 bits per heavy atom. The van der Waals surface area contributed by atoms with Crippen LogP contribution in [0.5, 0.6) is 0 Å². The number of hydrogen-bond donors (Lipinski definition) is 2. The highest BCUT2D eigenvalue weighted by Crippen LogP contribution is 2.32. The van der Waals surface area contributed by atoms with Gasteiger partial charge in [0.05, 0.1) is 18.2 Å². The third kappa shape index (κ3) is 6.54. The molecule has 1 saturated heterocycles. The molecule has 3 rings (SSSR count). The number of ether oxygens (including phenoxy) is 1. The first kappa shape index (κ1) is 26.5. The number of likely N-dealkylation sites (N-methyl/N-ethyl adjacent to an activating group) is 1. The summed E-state index contributed by atoms with van der Waals surface area (Å²) in [5.41, 5.74) is 3.08. The molecule has 192 valence electrons. The molecule has 1 fully saturated rings. The van der Waals surface area contributed by atoms with E-state index >= 15 is 0 Å². The molecule has 35 heavy (non-hydrogen) atoms. The highest BCUT2D eigenvalue weighted by atomic mass is 16.5. The van der Waals surface area contributed by atoms with E-state index in [0.717, 1.165) is 24.1 Å². The predicted molar refractivity (Wildman–Crippen MR) is 135 cm³/mol. The number of urea groups is 2. The van der Waals surface area contributed by atoms with Crippen LogP contribution in [0.2, 0.25) is 0 Å². The van der Waals surface area contributed by atoms with Crippen LogP contribution in [-0.2, 0) is 9.53 Å². The summed E-state index contributed by atoms with van der Waals surface area (Å²) in [7, 11) is 0. The van der Waals surface area contributed by atoms with Gasteiger partial charge in [0.1, 0.15) is 0 Å². The van der Waals surface area contributed by atoms with Gasteiger partial charge in [-0.25, -0.2) is 14.4 Å². The molecule has 2 aliphatic heterocycles. The van der Waals surface area contributed by atoms with Crippen LogP contribution in [-0.4, -0.2) is 84.6 Å². The second-order valence-electron chi connectivity index (χ2n) is 9.34. The second kappa shape index (κ2) is 12.1. The zero-order chi connectivity index (χ0) is 25.5. The van der Waals surface area contributed by atoms with Gasteiger partial charge in [-0.2, -0.15) is 0 Å². The molecule has 2 heterocycles. The molecular weight excluding hydrogens is 446 g/mol. The summed E-state index contributed by atoms with van der Waals surface area (Å²) in [5.74, 6) is -0.417. The van der Waals surface area contributed by atoms with Gasteiger partial charge in [-0.1, -0.05) is 29.8 Å². The number of hydrogen-bond acceptors (Lipinski definition) is 5. The summed E-state index contributed by atoms with van der Waals surface area (Å²) < 4.78 is 5.46. The van der Waals surface area contributed by atoms with E-state index in [1.807, 2.05) is 56.9 Å². The number of carbonyl (C=O) groups excluding carboxylic acids is 3. The van der Waals surface area contributed by atoms with E-state index in [4.69, 9.17) is 4.74 Å². The summed E-state index contributed by atoms with van der Waals surface area (Å²) >= 11 is 0. The number of benzene rings is 1. The maximum Gasteiger partial charge on any atom is 0.338 e. The lowest BCUT2D eigenvalue weighted by molar-refractivity contribution is -0.139. The number of rotatable bonds is 7. The number of amides is 4. The average molecular weight is 486 g/mol. The van der Waals surface area contributed by atoms with Gasteiger partial charge >= 0.3 is 18.0 Å². The monoisotopic (exact) mass is 485 g/mol. The molecule has 2 aliphatic rings. The topological polar surface area (TPSA) is 94.2 Å². The Bertz CT molecular complexity index is 944. The van der Waals surface area contributed by atoms with Crippen molar-refractivity contribution in [3.05, 3.63) is 46.7 Å². The molecule has 9 heteroatoms. The van der Waals surface area contributed by atoms with Gasteiger partial charge in [-0.05, 0) is 46.6 Å². The third-order valence-corrected chi connectivity index (χ3v) is 6.32. The van der Waals surface area contributed by atoms with Crippen LogP contribution in [0.15, 0.2) is 35.5 Å².